The largest absolute Gasteiger partial charge is 0.330 e. The number of para-hydroxylation sites is 1. The minimum Gasteiger partial charge on any atom is -0.330 e. The highest BCUT2D eigenvalue weighted by Gasteiger charge is 2.28. The van der Waals surface area contributed by atoms with Gasteiger partial charge in [0.05, 0.1) is 5.69 Å². The summed E-state index contributed by atoms with van der Waals surface area (Å²) in [5.74, 6) is 0.260. The summed E-state index contributed by atoms with van der Waals surface area (Å²) in [6.07, 6.45) is 3.80. The Hall–Kier alpha value is -0.760. The Morgan fingerprint density at radius 2 is 2.20 bits per heavy atom. The predicted octanol–water partition coefficient (Wildman–Crippen LogP) is 1.74. The molecule has 1 aromatic rings. The van der Waals surface area contributed by atoms with Crippen molar-refractivity contribution >= 4 is 27.7 Å². The molecule has 0 spiro atoms. The fourth-order valence-electron chi connectivity index (χ4n) is 2.37. The lowest BCUT2D eigenvalue weighted by atomic mass is 10.0. The monoisotopic (exact) mass is 315 g/mol. The zero-order valence-electron chi connectivity index (χ0n) is 11.6. The fraction of sp³-hybridized carbons (Fsp3) is 0.538. The second-order valence-corrected chi connectivity index (χ2v) is 7.43. The third kappa shape index (κ3) is 3.66. The molecule has 112 valence electrons. The highest BCUT2D eigenvalue weighted by atomic mass is 32.2. The van der Waals surface area contributed by atoms with Crippen LogP contribution in [-0.4, -0.2) is 38.6 Å². The van der Waals surface area contributed by atoms with Gasteiger partial charge in [-0.3, -0.25) is 4.72 Å². The van der Waals surface area contributed by atoms with Crippen LogP contribution in [-0.2, 0) is 10.2 Å². The van der Waals surface area contributed by atoms with Crippen molar-refractivity contribution in [2.45, 2.75) is 17.7 Å². The van der Waals surface area contributed by atoms with Gasteiger partial charge in [-0.2, -0.15) is 12.7 Å². The third-order valence-electron chi connectivity index (χ3n) is 3.50. The van der Waals surface area contributed by atoms with E-state index >= 15 is 0 Å². The Bertz CT molecular complexity index is 548. The maximum atomic E-state index is 12.4. The number of nitrogens with two attached hydrogens (primary N) is 1. The lowest BCUT2D eigenvalue weighted by Gasteiger charge is -2.31. The highest BCUT2D eigenvalue weighted by molar-refractivity contribution is 7.98. The van der Waals surface area contributed by atoms with Crippen molar-refractivity contribution < 1.29 is 8.42 Å². The molecule has 1 saturated heterocycles. The molecule has 20 heavy (non-hydrogen) atoms. The number of nitrogens with zero attached hydrogens (tertiary/aromatic N) is 1. The Kier molecular flexibility index (Phi) is 5.31. The van der Waals surface area contributed by atoms with E-state index < -0.39 is 10.2 Å². The first-order chi connectivity index (χ1) is 9.56. The van der Waals surface area contributed by atoms with E-state index in [0.29, 0.717) is 25.3 Å². The van der Waals surface area contributed by atoms with Crippen LogP contribution in [0.5, 0.6) is 0 Å². The van der Waals surface area contributed by atoms with Gasteiger partial charge in [-0.15, -0.1) is 11.8 Å². The zero-order chi connectivity index (χ0) is 14.6. The summed E-state index contributed by atoms with van der Waals surface area (Å²) in [5.41, 5.74) is 6.30. The van der Waals surface area contributed by atoms with E-state index in [9.17, 15) is 8.42 Å². The van der Waals surface area contributed by atoms with Crippen LogP contribution in [0.25, 0.3) is 0 Å². The predicted molar refractivity (Wildman–Crippen MR) is 84.1 cm³/mol. The minimum absolute atomic E-state index is 0.260. The molecule has 0 aliphatic carbocycles. The van der Waals surface area contributed by atoms with Crippen molar-refractivity contribution in [1.29, 1.82) is 0 Å². The molecule has 0 radical (unpaired) electrons. The summed E-state index contributed by atoms with van der Waals surface area (Å²) in [4.78, 5) is 0.920. The molecule has 3 N–H and O–H groups in total. The van der Waals surface area contributed by atoms with E-state index in [1.807, 2.05) is 24.5 Å². The first-order valence-electron chi connectivity index (χ1n) is 6.68. The lowest BCUT2D eigenvalue weighted by molar-refractivity contribution is 0.273. The molecular formula is C13H21N3O2S2. The smallest absolute Gasteiger partial charge is 0.301 e. The number of thioether (sulfide) groups is 1. The van der Waals surface area contributed by atoms with Crippen molar-refractivity contribution in [3.63, 3.8) is 0 Å². The topological polar surface area (TPSA) is 75.4 Å². The average molecular weight is 315 g/mol. The Balaban J connectivity index is 2.14. The first-order valence-corrected chi connectivity index (χ1v) is 9.34. The molecule has 0 saturated carbocycles. The SMILES string of the molecule is CSc1ccccc1NS(=O)(=O)N1CCCC(CN)C1. The van der Waals surface area contributed by atoms with Gasteiger partial charge in [0, 0.05) is 18.0 Å². The van der Waals surface area contributed by atoms with Gasteiger partial charge >= 0.3 is 10.2 Å². The molecule has 0 amide bonds. The minimum atomic E-state index is -3.50. The van der Waals surface area contributed by atoms with Crippen molar-refractivity contribution in [2.24, 2.45) is 11.7 Å². The highest BCUT2D eigenvalue weighted by Crippen LogP contribution is 2.27. The molecular weight excluding hydrogens is 294 g/mol. The van der Waals surface area contributed by atoms with E-state index in [-0.39, 0.29) is 5.92 Å². The first kappa shape index (κ1) is 15.6. The number of benzene rings is 1. The molecule has 2 rings (SSSR count). The van der Waals surface area contributed by atoms with Crippen LogP contribution in [0.4, 0.5) is 5.69 Å². The van der Waals surface area contributed by atoms with E-state index in [1.165, 1.54) is 16.1 Å². The van der Waals surface area contributed by atoms with Crippen LogP contribution in [0.3, 0.4) is 0 Å². The van der Waals surface area contributed by atoms with Gasteiger partial charge in [-0.25, -0.2) is 0 Å². The van der Waals surface area contributed by atoms with Gasteiger partial charge in [-0.1, -0.05) is 12.1 Å². The maximum Gasteiger partial charge on any atom is 0.301 e. The molecule has 7 heteroatoms. The Morgan fingerprint density at radius 1 is 1.45 bits per heavy atom. The number of hydrogen-bond acceptors (Lipinski definition) is 4. The van der Waals surface area contributed by atoms with Gasteiger partial charge in [0.25, 0.3) is 0 Å². The van der Waals surface area contributed by atoms with Crippen LogP contribution in [0, 0.1) is 5.92 Å². The number of nitrogens with one attached hydrogen (secondary N) is 1. The average Bonchev–Trinajstić information content (AvgIpc) is 2.47. The molecule has 0 bridgehead atoms. The van der Waals surface area contributed by atoms with Crippen molar-refractivity contribution in [1.82, 2.24) is 4.31 Å². The molecule has 5 nitrogen and oxygen atoms in total. The van der Waals surface area contributed by atoms with Crippen LogP contribution < -0.4 is 10.5 Å². The van der Waals surface area contributed by atoms with Gasteiger partial charge in [0.15, 0.2) is 0 Å². The number of hydrogen-bond donors (Lipinski definition) is 2. The van der Waals surface area contributed by atoms with Crippen LogP contribution in [0.2, 0.25) is 0 Å². The van der Waals surface area contributed by atoms with E-state index in [2.05, 4.69) is 4.72 Å². The molecule has 1 fully saturated rings. The zero-order valence-corrected chi connectivity index (χ0v) is 13.2. The van der Waals surface area contributed by atoms with Gasteiger partial charge in [0.2, 0.25) is 0 Å². The van der Waals surface area contributed by atoms with Gasteiger partial charge in [-0.05, 0) is 43.7 Å². The summed E-state index contributed by atoms with van der Waals surface area (Å²) < 4.78 is 29.1. The molecule has 1 heterocycles. The summed E-state index contributed by atoms with van der Waals surface area (Å²) in [5, 5.41) is 0. The number of anilines is 1. The quantitative estimate of drug-likeness (QED) is 0.812. The van der Waals surface area contributed by atoms with Gasteiger partial charge in [0.1, 0.15) is 0 Å². The second kappa shape index (κ2) is 6.80. The van der Waals surface area contributed by atoms with E-state index in [4.69, 9.17) is 5.73 Å². The third-order valence-corrected chi connectivity index (χ3v) is 5.79. The molecule has 1 aromatic carbocycles. The number of rotatable bonds is 5. The normalized spacial score (nSPS) is 20.8. The van der Waals surface area contributed by atoms with E-state index in [0.717, 1.165) is 17.7 Å². The summed E-state index contributed by atoms with van der Waals surface area (Å²) in [7, 11) is -3.50. The van der Waals surface area contributed by atoms with Gasteiger partial charge < -0.3 is 5.73 Å². The van der Waals surface area contributed by atoms with Crippen molar-refractivity contribution in [3.8, 4) is 0 Å². The maximum absolute atomic E-state index is 12.4. The van der Waals surface area contributed by atoms with Crippen LogP contribution in [0.15, 0.2) is 29.2 Å². The molecule has 0 aromatic heterocycles. The standard InChI is InChI=1S/C13H21N3O2S2/c1-19-13-7-3-2-6-12(13)15-20(17,18)16-8-4-5-11(9-14)10-16/h2-3,6-7,11,15H,4-5,8-10,14H2,1H3. The van der Waals surface area contributed by atoms with E-state index in [1.54, 1.807) is 6.07 Å². The molecule has 1 aliphatic rings. The number of piperidine rings is 1. The molecule has 1 aliphatic heterocycles. The second-order valence-electron chi connectivity index (χ2n) is 4.91. The molecule has 1 unspecified atom stereocenters. The van der Waals surface area contributed by atoms with Crippen LogP contribution >= 0.6 is 11.8 Å². The fourth-order valence-corrected chi connectivity index (χ4v) is 4.35. The van der Waals surface area contributed by atoms with Crippen molar-refractivity contribution in [2.75, 3.05) is 30.6 Å². The Morgan fingerprint density at radius 3 is 2.90 bits per heavy atom. The summed E-state index contributed by atoms with van der Waals surface area (Å²) >= 11 is 1.52. The summed E-state index contributed by atoms with van der Waals surface area (Å²) in [6, 6.07) is 7.42. The Labute approximate surface area is 125 Å². The summed E-state index contributed by atoms with van der Waals surface area (Å²) in [6.45, 7) is 1.61. The molecule has 1 atom stereocenters. The van der Waals surface area contributed by atoms with Crippen molar-refractivity contribution in [3.05, 3.63) is 24.3 Å². The van der Waals surface area contributed by atoms with Crippen LogP contribution in [0.1, 0.15) is 12.8 Å². The lowest BCUT2D eigenvalue weighted by Crippen LogP contribution is -2.44.